The number of hydrogen-bond donors (Lipinski definition) is 0. The highest BCUT2D eigenvalue weighted by Gasteiger charge is 2.21. The number of anilines is 3. The summed E-state index contributed by atoms with van der Waals surface area (Å²) in [6.07, 6.45) is 0. The van der Waals surface area contributed by atoms with Gasteiger partial charge in [0.15, 0.2) is 5.58 Å². The van der Waals surface area contributed by atoms with Gasteiger partial charge in [-0.05, 0) is 97.7 Å². The van der Waals surface area contributed by atoms with Crippen LogP contribution in [0.15, 0.2) is 217 Å². The van der Waals surface area contributed by atoms with Gasteiger partial charge in [0.25, 0.3) is 0 Å². The van der Waals surface area contributed by atoms with Gasteiger partial charge in [0.2, 0.25) is 0 Å². The van der Waals surface area contributed by atoms with Crippen LogP contribution in [0.5, 0.6) is 0 Å². The molecule has 0 aliphatic carbocycles. The Morgan fingerprint density at radius 3 is 1.65 bits per heavy atom. The van der Waals surface area contributed by atoms with Crippen molar-refractivity contribution < 1.29 is 4.42 Å². The first-order valence-corrected chi connectivity index (χ1v) is 18.4. The molecular formula is C52H35NO. The van der Waals surface area contributed by atoms with Crippen molar-refractivity contribution >= 4 is 49.8 Å². The fourth-order valence-electron chi connectivity index (χ4n) is 7.86. The molecule has 9 aromatic carbocycles. The summed E-state index contributed by atoms with van der Waals surface area (Å²) < 4.78 is 6.88. The molecule has 0 bridgehead atoms. The van der Waals surface area contributed by atoms with E-state index >= 15 is 0 Å². The minimum Gasteiger partial charge on any atom is -0.454 e. The average molecular weight is 690 g/mol. The summed E-state index contributed by atoms with van der Waals surface area (Å²) in [5.74, 6) is 0. The zero-order valence-electron chi connectivity index (χ0n) is 29.6. The number of para-hydroxylation sites is 1. The Morgan fingerprint density at radius 1 is 0.315 bits per heavy atom. The first kappa shape index (κ1) is 31.6. The molecule has 0 saturated heterocycles. The molecule has 0 fully saturated rings. The smallest absolute Gasteiger partial charge is 0.159 e. The summed E-state index contributed by atoms with van der Waals surface area (Å²) in [5, 5.41) is 4.67. The maximum absolute atomic E-state index is 6.88. The Hall–Kier alpha value is -7.16. The highest BCUT2D eigenvalue weighted by atomic mass is 16.3. The molecule has 254 valence electrons. The van der Waals surface area contributed by atoms with E-state index in [9.17, 15) is 0 Å². The molecule has 0 N–H and O–H groups in total. The van der Waals surface area contributed by atoms with Crippen LogP contribution < -0.4 is 4.90 Å². The molecule has 2 nitrogen and oxygen atoms in total. The summed E-state index contributed by atoms with van der Waals surface area (Å²) >= 11 is 0. The van der Waals surface area contributed by atoms with E-state index in [2.05, 4.69) is 211 Å². The van der Waals surface area contributed by atoms with Gasteiger partial charge >= 0.3 is 0 Å². The molecule has 1 heterocycles. The monoisotopic (exact) mass is 689 g/mol. The van der Waals surface area contributed by atoms with E-state index in [1.165, 1.54) is 49.7 Å². The molecule has 0 aliphatic heterocycles. The van der Waals surface area contributed by atoms with E-state index in [1.54, 1.807) is 0 Å². The largest absolute Gasteiger partial charge is 0.454 e. The van der Waals surface area contributed by atoms with Crippen LogP contribution in [-0.2, 0) is 0 Å². The fourth-order valence-corrected chi connectivity index (χ4v) is 7.86. The van der Waals surface area contributed by atoms with Gasteiger partial charge in [-0.15, -0.1) is 0 Å². The second-order valence-corrected chi connectivity index (χ2v) is 13.7. The van der Waals surface area contributed by atoms with E-state index in [0.29, 0.717) is 0 Å². The SMILES string of the molecule is c1ccc(-c2ccc3c(c2)oc2c(N(c4ccc(-c5cccc6ccccc56)cc4)c4ccc(-c5ccccc5)c(-c5ccccc5)c4)cccc23)cc1. The number of fused-ring (bicyclic) bond motifs is 4. The molecule has 0 aliphatic rings. The molecule has 54 heavy (non-hydrogen) atoms. The molecule has 0 unspecified atom stereocenters. The van der Waals surface area contributed by atoms with Crippen molar-refractivity contribution in [1.82, 2.24) is 0 Å². The zero-order valence-corrected chi connectivity index (χ0v) is 29.6. The van der Waals surface area contributed by atoms with Gasteiger partial charge in [-0.2, -0.15) is 0 Å². The highest BCUT2D eigenvalue weighted by Crippen LogP contribution is 2.45. The topological polar surface area (TPSA) is 16.4 Å². The van der Waals surface area contributed by atoms with E-state index in [1.807, 2.05) is 6.07 Å². The second kappa shape index (κ2) is 13.4. The number of benzene rings is 9. The minimum atomic E-state index is 0.851. The van der Waals surface area contributed by atoms with Crippen molar-refractivity contribution in [3.63, 3.8) is 0 Å². The number of rotatable bonds is 7. The molecule has 10 rings (SSSR count). The lowest BCUT2D eigenvalue weighted by molar-refractivity contribution is 0.669. The third kappa shape index (κ3) is 5.62. The lowest BCUT2D eigenvalue weighted by Gasteiger charge is -2.27. The maximum atomic E-state index is 6.88. The third-order valence-corrected chi connectivity index (χ3v) is 10.5. The van der Waals surface area contributed by atoms with Crippen molar-refractivity contribution in [2.45, 2.75) is 0 Å². The molecule has 0 amide bonds. The molecule has 0 spiro atoms. The van der Waals surface area contributed by atoms with Crippen LogP contribution in [0.1, 0.15) is 0 Å². The normalized spacial score (nSPS) is 11.3. The molecular weight excluding hydrogens is 655 g/mol. The standard InChI is InChI=1S/C52H35NO/c1-4-14-36(15-5-1)41-28-32-47-48-24-13-25-50(52(48)54-51(47)34-41)53(42-29-26-40(27-30-42)45-23-12-21-38-20-10-11-22-44(38)45)43-31-33-46(37-16-6-2-7-17-37)49(35-43)39-18-8-3-9-19-39/h1-35H. The van der Waals surface area contributed by atoms with Crippen molar-refractivity contribution in [3.8, 4) is 44.5 Å². The quantitative estimate of drug-likeness (QED) is 0.166. The molecule has 1 aromatic heterocycles. The average Bonchev–Trinajstić information content (AvgIpc) is 3.63. The van der Waals surface area contributed by atoms with Crippen LogP contribution in [-0.4, -0.2) is 0 Å². The van der Waals surface area contributed by atoms with E-state index in [4.69, 9.17) is 4.42 Å². The summed E-state index contributed by atoms with van der Waals surface area (Å²) in [4.78, 5) is 2.34. The summed E-state index contributed by atoms with van der Waals surface area (Å²) in [6.45, 7) is 0. The Kier molecular flexibility index (Phi) is 7.85. The Bertz CT molecular complexity index is 2910. The molecule has 10 aromatic rings. The zero-order chi connectivity index (χ0) is 35.8. The molecule has 0 radical (unpaired) electrons. The molecule has 0 saturated carbocycles. The Morgan fingerprint density at radius 2 is 0.889 bits per heavy atom. The van der Waals surface area contributed by atoms with Gasteiger partial charge in [-0.1, -0.05) is 170 Å². The third-order valence-electron chi connectivity index (χ3n) is 10.5. The van der Waals surface area contributed by atoms with Crippen LogP contribution in [0.4, 0.5) is 17.1 Å². The number of furan rings is 1. The number of nitrogens with zero attached hydrogens (tertiary/aromatic N) is 1. The number of hydrogen-bond acceptors (Lipinski definition) is 2. The van der Waals surface area contributed by atoms with Gasteiger partial charge < -0.3 is 9.32 Å². The highest BCUT2D eigenvalue weighted by molar-refractivity contribution is 6.11. The van der Waals surface area contributed by atoms with Crippen LogP contribution in [0.2, 0.25) is 0 Å². The first-order chi connectivity index (χ1) is 26.8. The molecule has 0 atom stereocenters. The van der Waals surface area contributed by atoms with Gasteiger partial charge in [-0.3, -0.25) is 0 Å². The summed E-state index contributed by atoms with van der Waals surface area (Å²) in [7, 11) is 0. The lowest BCUT2D eigenvalue weighted by Crippen LogP contribution is -2.10. The second-order valence-electron chi connectivity index (χ2n) is 13.7. The fraction of sp³-hybridized carbons (Fsp3) is 0. The van der Waals surface area contributed by atoms with Gasteiger partial charge in [0, 0.05) is 22.1 Å². The van der Waals surface area contributed by atoms with Gasteiger partial charge in [-0.25, -0.2) is 0 Å². The van der Waals surface area contributed by atoms with Gasteiger partial charge in [0.05, 0.1) is 5.69 Å². The Labute approximate surface area is 314 Å². The van der Waals surface area contributed by atoms with Crippen LogP contribution in [0.3, 0.4) is 0 Å². The van der Waals surface area contributed by atoms with Crippen LogP contribution >= 0.6 is 0 Å². The Balaban J connectivity index is 1.18. The van der Waals surface area contributed by atoms with E-state index in [0.717, 1.165) is 44.6 Å². The van der Waals surface area contributed by atoms with E-state index < -0.39 is 0 Å². The van der Waals surface area contributed by atoms with Crippen molar-refractivity contribution in [2.75, 3.05) is 4.90 Å². The predicted octanol–water partition coefficient (Wildman–Crippen LogP) is 14.9. The summed E-state index contributed by atoms with van der Waals surface area (Å²) in [6, 6.07) is 75.8. The summed E-state index contributed by atoms with van der Waals surface area (Å²) in [5.41, 5.74) is 14.2. The van der Waals surface area contributed by atoms with Crippen LogP contribution in [0.25, 0.3) is 77.2 Å². The predicted molar refractivity (Wildman–Crippen MR) is 228 cm³/mol. The first-order valence-electron chi connectivity index (χ1n) is 18.4. The van der Waals surface area contributed by atoms with E-state index in [-0.39, 0.29) is 0 Å². The van der Waals surface area contributed by atoms with Crippen LogP contribution in [0, 0.1) is 0 Å². The maximum Gasteiger partial charge on any atom is 0.159 e. The van der Waals surface area contributed by atoms with Crippen molar-refractivity contribution in [3.05, 3.63) is 212 Å². The lowest BCUT2D eigenvalue weighted by atomic mass is 9.93. The molecule has 2 heteroatoms. The van der Waals surface area contributed by atoms with Crippen molar-refractivity contribution in [2.24, 2.45) is 0 Å². The van der Waals surface area contributed by atoms with Gasteiger partial charge in [0.1, 0.15) is 5.58 Å². The minimum absolute atomic E-state index is 0.851. The van der Waals surface area contributed by atoms with Crippen molar-refractivity contribution in [1.29, 1.82) is 0 Å².